The SMILES string of the molecule is CCSc1nc2ncccc2s1. The van der Waals surface area contributed by atoms with Gasteiger partial charge in [-0.05, 0) is 17.9 Å². The maximum atomic E-state index is 4.37. The van der Waals surface area contributed by atoms with Crippen molar-refractivity contribution in [2.75, 3.05) is 5.75 Å². The Labute approximate surface area is 79.0 Å². The minimum atomic E-state index is 0.874. The maximum Gasteiger partial charge on any atom is 0.171 e. The van der Waals surface area contributed by atoms with E-state index < -0.39 is 0 Å². The zero-order valence-corrected chi connectivity index (χ0v) is 8.28. The minimum absolute atomic E-state index is 0.874. The average molecular weight is 196 g/mol. The second-order valence-corrected chi connectivity index (χ2v) is 4.78. The fourth-order valence-electron chi connectivity index (χ4n) is 0.934. The molecule has 0 aliphatic rings. The van der Waals surface area contributed by atoms with Crippen LogP contribution in [0.1, 0.15) is 6.92 Å². The molecule has 2 aromatic heterocycles. The lowest BCUT2D eigenvalue weighted by Crippen LogP contribution is -1.73. The second kappa shape index (κ2) is 3.41. The van der Waals surface area contributed by atoms with E-state index in [0.29, 0.717) is 0 Å². The summed E-state index contributed by atoms with van der Waals surface area (Å²) in [6.45, 7) is 2.13. The van der Waals surface area contributed by atoms with Gasteiger partial charge in [0.05, 0.1) is 4.70 Å². The predicted molar refractivity (Wildman–Crippen MR) is 53.8 cm³/mol. The zero-order chi connectivity index (χ0) is 8.39. The van der Waals surface area contributed by atoms with Crippen molar-refractivity contribution in [3.8, 4) is 0 Å². The van der Waals surface area contributed by atoms with Gasteiger partial charge in [0.25, 0.3) is 0 Å². The van der Waals surface area contributed by atoms with Gasteiger partial charge in [0.2, 0.25) is 0 Å². The third kappa shape index (κ3) is 1.44. The van der Waals surface area contributed by atoms with Crippen molar-refractivity contribution in [3.05, 3.63) is 18.3 Å². The molecule has 0 spiro atoms. The van der Waals surface area contributed by atoms with E-state index in [1.165, 1.54) is 4.70 Å². The first-order valence-corrected chi connectivity index (χ1v) is 5.54. The third-order valence-corrected chi connectivity index (χ3v) is 3.45. The Bertz CT molecular complexity index is 350. The van der Waals surface area contributed by atoms with E-state index >= 15 is 0 Å². The number of thioether (sulfide) groups is 1. The van der Waals surface area contributed by atoms with Gasteiger partial charge < -0.3 is 0 Å². The highest BCUT2D eigenvalue weighted by molar-refractivity contribution is 8.01. The quantitative estimate of drug-likeness (QED) is 0.691. The van der Waals surface area contributed by atoms with Gasteiger partial charge in [-0.15, -0.1) is 11.3 Å². The van der Waals surface area contributed by atoms with Crippen molar-refractivity contribution in [1.29, 1.82) is 0 Å². The Balaban J connectivity index is 2.47. The minimum Gasteiger partial charge on any atom is -0.236 e. The molecule has 0 saturated heterocycles. The van der Waals surface area contributed by atoms with Gasteiger partial charge in [-0.3, -0.25) is 0 Å². The summed E-state index contributed by atoms with van der Waals surface area (Å²) in [6, 6.07) is 4.00. The molecule has 0 atom stereocenters. The highest BCUT2D eigenvalue weighted by Crippen LogP contribution is 2.27. The van der Waals surface area contributed by atoms with Crippen molar-refractivity contribution in [2.45, 2.75) is 11.3 Å². The zero-order valence-electron chi connectivity index (χ0n) is 6.65. The number of fused-ring (bicyclic) bond motifs is 1. The molecule has 4 heteroatoms. The summed E-state index contributed by atoms with van der Waals surface area (Å²) in [5.41, 5.74) is 0.874. The molecule has 2 heterocycles. The largest absolute Gasteiger partial charge is 0.236 e. The van der Waals surface area contributed by atoms with Crippen LogP contribution in [0.4, 0.5) is 0 Å². The van der Waals surface area contributed by atoms with Crippen LogP contribution in [0, 0.1) is 0 Å². The van der Waals surface area contributed by atoms with Crippen LogP contribution in [0.3, 0.4) is 0 Å². The molecule has 0 N–H and O–H groups in total. The number of thiazole rings is 1. The van der Waals surface area contributed by atoms with E-state index in [-0.39, 0.29) is 0 Å². The van der Waals surface area contributed by atoms with Gasteiger partial charge in [-0.1, -0.05) is 18.7 Å². The van der Waals surface area contributed by atoms with Gasteiger partial charge in [0.15, 0.2) is 9.99 Å². The lowest BCUT2D eigenvalue weighted by Gasteiger charge is -1.84. The Morgan fingerprint density at radius 2 is 2.50 bits per heavy atom. The fraction of sp³-hybridized carbons (Fsp3) is 0.250. The molecule has 62 valence electrons. The normalized spacial score (nSPS) is 10.8. The van der Waals surface area contributed by atoms with Crippen LogP contribution >= 0.6 is 23.1 Å². The van der Waals surface area contributed by atoms with Gasteiger partial charge in [0, 0.05) is 6.20 Å². The summed E-state index contributed by atoms with van der Waals surface area (Å²) < 4.78 is 2.29. The molecular weight excluding hydrogens is 188 g/mol. The highest BCUT2D eigenvalue weighted by atomic mass is 32.2. The van der Waals surface area contributed by atoms with Crippen LogP contribution in [0.15, 0.2) is 22.7 Å². The Morgan fingerprint density at radius 3 is 3.25 bits per heavy atom. The highest BCUT2D eigenvalue weighted by Gasteiger charge is 2.02. The molecule has 0 radical (unpaired) electrons. The number of hydrogen-bond donors (Lipinski definition) is 0. The monoisotopic (exact) mass is 196 g/mol. The van der Waals surface area contributed by atoms with Crippen LogP contribution in [0.2, 0.25) is 0 Å². The van der Waals surface area contributed by atoms with Gasteiger partial charge >= 0.3 is 0 Å². The van der Waals surface area contributed by atoms with Crippen molar-refractivity contribution in [2.24, 2.45) is 0 Å². The van der Waals surface area contributed by atoms with Crippen LogP contribution in [0.25, 0.3) is 10.3 Å². The fourth-order valence-corrected chi connectivity index (χ4v) is 2.85. The molecular formula is C8H8N2S2. The lowest BCUT2D eigenvalue weighted by atomic mass is 10.5. The molecule has 2 aromatic rings. The topological polar surface area (TPSA) is 25.8 Å². The number of rotatable bonds is 2. The molecule has 2 nitrogen and oxygen atoms in total. The number of hydrogen-bond acceptors (Lipinski definition) is 4. The van der Waals surface area contributed by atoms with Crippen molar-refractivity contribution < 1.29 is 0 Å². The second-order valence-electron chi connectivity index (χ2n) is 2.24. The first-order chi connectivity index (χ1) is 5.90. The van der Waals surface area contributed by atoms with Crippen LogP contribution in [-0.4, -0.2) is 15.7 Å². The Kier molecular flexibility index (Phi) is 2.28. The van der Waals surface area contributed by atoms with E-state index in [0.717, 1.165) is 15.7 Å². The van der Waals surface area contributed by atoms with Crippen LogP contribution in [-0.2, 0) is 0 Å². The van der Waals surface area contributed by atoms with E-state index in [9.17, 15) is 0 Å². The van der Waals surface area contributed by atoms with E-state index in [1.807, 2.05) is 6.07 Å². The van der Waals surface area contributed by atoms with Gasteiger partial charge in [-0.25, -0.2) is 9.97 Å². The summed E-state index contributed by atoms with van der Waals surface area (Å²) >= 11 is 3.48. The van der Waals surface area contributed by atoms with Crippen molar-refractivity contribution in [1.82, 2.24) is 9.97 Å². The van der Waals surface area contributed by atoms with Crippen molar-refractivity contribution >= 4 is 33.4 Å². The molecule has 0 aromatic carbocycles. The van der Waals surface area contributed by atoms with Gasteiger partial charge in [0.1, 0.15) is 0 Å². The molecule has 0 amide bonds. The molecule has 0 aliphatic carbocycles. The maximum absolute atomic E-state index is 4.37. The van der Waals surface area contributed by atoms with E-state index in [2.05, 4.69) is 23.0 Å². The molecule has 0 aliphatic heterocycles. The lowest BCUT2D eigenvalue weighted by molar-refractivity contribution is 1.23. The van der Waals surface area contributed by atoms with E-state index in [4.69, 9.17) is 0 Å². The molecule has 2 rings (SSSR count). The summed E-state index contributed by atoms with van der Waals surface area (Å²) in [5, 5.41) is 0. The number of aromatic nitrogens is 2. The molecule has 12 heavy (non-hydrogen) atoms. The summed E-state index contributed by atoms with van der Waals surface area (Å²) in [7, 11) is 0. The smallest absolute Gasteiger partial charge is 0.171 e. The van der Waals surface area contributed by atoms with Gasteiger partial charge in [-0.2, -0.15) is 0 Å². The molecule has 0 saturated carbocycles. The molecule has 0 unspecified atom stereocenters. The Morgan fingerprint density at radius 1 is 1.58 bits per heavy atom. The summed E-state index contributed by atoms with van der Waals surface area (Å²) in [4.78, 5) is 8.54. The van der Waals surface area contributed by atoms with E-state index in [1.54, 1.807) is 29.3 Å². The standard InChI is InChI=1S/C8H8N2S2/c1-2-11-8-10-7-6(12-8)4-3-5-9-7/h3-5H,2H2,1H3. The first kappa shape index (κ1) is 8.01. The van der Waals surface area contributed by atoms with Crippen molar-refractivity contribution in [3.63, 3.8) is 0 Å². The Hall–Kier alpha value is -0.610. The number of nitrogens with zero attached hydrogens (tertiary/aromatic N) is 2. The molecule has 0 bridgehead atoms. The van der Waals surface area contributed by atoms with Crippen LogP contribution in [0.5, 0.6) is 0 Å². The first-order valence-electron chi connectivity index (χ1n) is 3.74. The molecule has 0 fully saturated rings. The number of pyridine rings is 1. The summed E-state index contributed by atoms with van der Waals surface area (Å²) in [5.74, 6) is 1.07. The average Bonchev–Trinajstić information content (AvgIpc) is 2.47. The third-order valence-electron chi connectivity index (χ3n) is 1.41. The van der Waals surface area contributed by atoms with Crippen LogP contribution < -0.4 is 0 Å². The predicted octanol–water partition coefficient (Wildman–Crippen LogP) is 2.80. The summed E-state index contributed by atoms with van der Waals surface area (Å²) in [6.07, 6.45) is 1.78.